The molecule has 0 aliphatic carbocycles. The fourth-order valence-electron chi connectivity index (χ4n) is 7.26. The lowest BCUT2D eigenvalue weighted by molar-refractivity contribution is 0.0732. The molecule has 0 saturated heterocycles. The molecule has 0 atom stereocenters. The highest BCUT2D eigenvalue weighted by molar-refractivity contribution is 7.90. The highest BCUT2D eigenvalue weighted by Crippen LogP contribution is 2.36. The molecule has 0 fully saturated rings. The Morgan fingerprint density at radius 2 is 1.57 bits per heavy atom. The van der Waals surface area contributed by atoms with Gasteiger partial charge in [0.1, 0.15) is 12.4 Å². The van der Waals surface area contributed by atoms with Crippen LogP contribution in [-0.4, -0.2) is 86.9 Å². The Kier molecular flexibility index (Phi) is 14.9. The number of hydrogen-bond donors (Lipinski definition) is 1. The van der Waals surface area contributed by atoms with Gasteiger partial charge in [-0.1, -0.05) is 95.5 Å². The zero-order valence-electron chi connectivity index (χ0n) is 37.7. The highest BCUT2D eigenvalue weighted by Gasteiger charge is 2.37. The topological polar surface area (TPSA) is 140 Å². The van der Waals surface area contributed by atoms with E-state index in [2.05, 4.69) is 52.4 Å². The molecule has 0 saturated carbocycles. The van der Waals surface area contributed by atoms with Gasteiger partial charge in [0, 0.05) is 31.7 Å². The lowest BCUT2D eigenvalue weighted by Crippen LogP contribution is -2.41. The Balaban J connectivity index is 1.29. The van der Waals surface area contributed by atoms with E-state index in [1.807, 2.05) is 36.4 Å². The molecule has 2 heterocycles. The first-order valence-corrected chi connectivity index (χ1v) is 26.5. The monoisotopic (exact) mass is 913 g/mol. The smallest absolute Gasteiger partial charge is 0.275 e. The number of nitrogens with zero attached hydrogens (tertiary/aromatic N) is 4. The van der Waals surface area contributed by atoms with E-state index in [1.165, 1.54) is 35.0 Å². The molecule has 12 nitrogen and oxygen atoms in total. The van der Waals surface area contributed by atoms with Crippen molar-refractivity contribution < 1.29 is 32.0 Å². The first-order valence-electron chi connectivity index (χ1n) is 21.8. The molecule has 5 aromatic rings. The Hall–Kier alpha value is -5.02. The average molecular weight is 915 g/mol. The normalized spacial score (nSPS) is 13.2. The van der Waals surface area contributed by atoms with Gasteiger partial charge in [0.15, 0.2) is 14.0 Å². The van der Waals surface area contributed by atoms with Crippen LogP contribution in [0, 0.1) is 6.92 Å². The number of carbonyl (C=O) groups is 3. The number of benzene rings is 4. The summed E-state index contributed by atoms with van der Waals surface area (Å²) in [5, 5.41) is 6.34. The molecule has 6 rings (SSSR count). The highest BCUT2D eigenvalue weighted by atomic mass is 35.5. The van der Waals surface area contributed by atoms with E-state index in [0.717, 1.165) is 42.2 Å². The van der Waals surface area contributed by atoms with Gasteiger partial charge in [0.25, 0.3) is 27.7 Å². The molecule has 15 heteroatoms. The maximum atomic E-state index is 14.6. The van der Waals surface area contributed by atoms with Crippen molar-refractivity contribution >= 4 is 58.4 Å². The zero-order chi connectivity index (χ0) is 45.7. The number of halogens is 1. The number of nitrogens with one attached hydrogen (secondary N) is 1. The van der Waals surface area contributed by atoms with Gasteiger partial charge < -0.3 is 19.0 Å². The number of sulfonamides is 1. The van der Waals surface area contributed by atoms with Crippen molar-refractivity contribution in [3.05, 3.63) is 118 Å². The van der Waals surface area contributed by atoms with Crippen LogP contribution >= 0.6 is 11.6 Å². The minimum Gasteiger partial charge on any atom is -0.491 e. The molecule has 0 bridgehead atoms. The third-order valence-corrected chi connectivity index (χ3v) is 18.5. The van der Waals surface area contributed by atoms with Crippen LogP contribution in [0.3, 0.4) is 0 Å². The first-order chi connectivity index (χ1) is 29.8. The van der Waals surface area contributed by atoms with E-state index in [0.29, 0.717) is 68.3 Å². The summed E-state index contributed by atoms with van der Waals surface area (Å²) in [6.07, 6.45) is 4.12. The molecule has 3 amide bonds. The first kappa shape index (κ1) is 47.5. The van der Waals surface area contributed by atoms with E-state index in [9.17, 15) is 22.8 Å². The van der Waals surface area contributed by atoms with Crippen LogP contribution in [0.15, 0.2) is 83.8 Å². The van der Waals surface area contributed by atoms with Gasteiger partial charge in [-0.15, -0.1) is 0 Å². The van der Waals surface area contributed by atoms with Gasteiger partial charge in [-0.3, -0.25) is 14.4 Å². The molecule has 1 aromatic heterocycles. The molecule has 1 N–H and O–H groups in total. The number of aromatic nitrogens is 2. The summed E-state index contributed by atoms with van der Waals surface area (Å²) in [5.41, 5.74) is 3.01. The van der Waals surface area contributed by atoms with Crippen LogP contribution in [0.2, 0.25) is 23.2 Å². The minimum absolute atomic E-state index is 0.0583. The average Bonchev–Trinajstić information content (AvgIpc) is 3.56. The van der Waals surface area contributed by atoms with Crippen molar-refractivity contribution in [1.29, 1.82) is 0 Å². The standard InChI is InChI=1S/C48H60ClN5O7SSi/c1-9-11-24-52(25-12-10-2)47(57)44-43(49)33(3)54(50-44)42-22-19-36(31-41(42)46(56)53-26-23-34-15-13-14-16-37(34)32-53)45(55)51-62(58,59)40-21-18-35-17-20-39(29-38(35)30-40)60-27-28-61-63(7,8)48(4,5)6/h13-22,29-31H,9-12,23-28,32H2,1-8H3,(H,51,55). The molecule has 0 unspecified atom stereocenters. The van der Waals surface area contributed by atoms with E-state index in [1.54, 1.807) is 28.9 Å². The van der Waals surface area contributed by atoms with Crippen molar-refractivity contribution in [2.24, 2.45) is 0 Å². The molecular formula is C48H60ClN5O7SSi. The molecule has 0 radical (unpaired) electrons. The lowest BCUT2D eigenvalue weighted by atomic mass is 9.98. The largest absolute Gasteiger partial charge is 0.491 e. The number of carbonyl (C=O) groups excluding carboxylic acids is 3. The Bertz CT molecular complexity index is 2600. The second-order valence-electron chi connectivity index (χ2n) is 17.7. The van der Waals surface area contributed by atoms with Gasteiger partial charge in [-0.05, 0) is 109 Å². The number of rotatable bonds is 17. The molecule has 1 aliphatic rings. The van der Waals surface area contributed by atoms with Crippen LogP contribution in [0.5, 0.6) is 5.75 Å². The molecular weight excluding hydrogens is 854 g/mol. The molecule has 4 aromatic carbocycles. The summed E-state index contributed by atoms with van der Waals surface area (Å²) in [5.74, 6) is -1.05. The maximum absolute atomic E-state index is 14.6. The number of unbranched alkanes of at least 4 members (excludes halogenated alkanes) is 2. The van der Waals surface area contributed by atoms with E-state index >= 15 is 0 Å². The van der Waals surface area contributed by atoms with Gasteiger partial charge >= 0.3 is 0 Å². The predicted molar refractivity (Wildman–Crippen MR) is 251 cm³/mol. The summed E-state index contributed by atoms with van der Waals surface area (Å²) in [7, 11) is -6.32. The SMILES string of the molecule is CCCCN(CCCC)C(=O)c1nn(-c2ccc(C(=O)NS(=O)(=O)c3ccc4ccc(OCCO[Si](C)(C)C(C)(C)C)cc4c3)cc2C(=O)N2CCc3ccccc3C2)c(C)c1Cl. The summed E-state index contributed by atoms with van der Waals surface area (Å²) < 4.78 is 43.5. The number of hydrogen-bond acceptors (Lipinski definition) is 8. The zero-order valence-corrected chi connectivity index (χ0v) is 40.3. The Labute approximate surface area is 378 Å². The minimum atomic E-state index is -4.38. The van der Waals surface area contributed by atoms with Gasteiger partial charge in [0.05, 0.1) is 33.5 Å². The summed E-state index contributed by atoms with van der Waals surface area (Å²) >= 11 is 6.85. The second kappa shape index (κ2) is 19.8. The van der Waals surface area contributed by atoms with Crippen LogP contribution in [-0.2, 0) is 27.4 Å². The Morgan fingerprint density at radius 1 is 0.889 bits per heavy atom. The van der Waals surface area contributed by atoms with Crippen LogP contribution in [0.4, 0.5) is 0 Å². The predicted octanol–water partition coefficient (Wildman–Crippen LogP) is 9.75. The van der Waals surface area contributed by atoms with Gasteiger partial charge in [0.2, 0.25) is 0 Å². The second-order valence-corrected chi connectivity index (χ2v) is 24.6. The fourth-order valence-corrected chi connectivity index (χ4v) is 9.50. The van der Waals surface area contributed by atoms with Crippen molar-refractivity contribution in [2.45, 2.75) is 103 Å². The summed E-state index contributed by atoms with van der Waals surface area (Å²) in [6, 6.07) is 22.3. The number of fused-ring (bicyclic) bond motifs is 2. The maximum Gasteiger partial charge on any atom is 0.275 e. The Morgan fingerprint density at radius 3 is 2.25 bits per heavy atom. The summed E-state index contributed by atoms with van der Waals surface area (Å²) in [6.45, 7) is 19.4. The summed E-state index contributed by atoms with van der Waals surface area (Å²) in [4.78, 5) is 45.8. The fraction of sp³-hybridized carbons (Fsp3) is 0.417. The van der Waals surface area contributed by atoms with Gasteiger partial charge in [-0.25, -0.2) is 17.8 Å². The molecule has 1 aliphatic heterocycles. The number of ether oxygens (including phenoxy) is 1. The third kappa shape index (κ3) is 10.9. The van der Waals surface area contributed by atoms with Crippen molar-refractivity contribution in [1.82, 2.24) is 24.3 Å². The lowest BCUT2D eigenvalue weighted by Gasteiger charge is -2.36. The third-order valence-electron chi connectivity index (χ3n) is 12.2. The van der Waals surface area contributed by atoms with Crippen LogP contribution in [0.25, 0.3) is 16.5 Å². The van der Waals surface area contributed by atoms with Crippen molar-refractivity contribution in [3.63, 3.8) is 0 Å². The van der Waals surface area contributed by atoms with E-state index in [-0.39, 0.29) is 43.6 Å². The van der Waals surface area contributed by atoms with Crippen LogP contribution < -0.4 is 9.46 Å². The van der Waals surface area contributed by atoms with E-state index in [4.69, 9.17) is 25.9 Å². The molecule has 336 valence electrons. The van der Waals surface area contributed by atoms with Crippen molar-refractivity contribution in [2.75, 3.05) is 32.8 Å². The van der Waals surface area contributed by atoms with Crippen LogP contribution in [0.1, 0.15) is 108 Å². The van der Waals surface area contributed by atoms with Crippen molar-refractivity contribution in [3.8, 4) is 11.4 Å². The molecule has 0 spiro atoms. The quantitative estimate of drug-likeness (QED) is 0.0719. The molecule has 63 heavy (non-hydrogen) atoms. The van der Waals surface area contributed by atoms with Gasteiger partial charge in [-0.2, -0.15) is 5.10 Å². The number of amides is 3. The van der Waals surface area contributed by atoms with E-state index < -0.39 is 24.2 Å².